The molecule has 1 aliphatic heterocycles. The maximum Gasteiger partial charge on any atom is 0.123 e. The highest BCUT2D eigenvalue weighted by atomic mass is 35.5. The summed E-state index contributed by atoms with van der Waals surface area (Å²) >= 11 is 18.7. The normalized spacial score (nSPS) is 20.0. The molecule has 1 fully saturated rings. The van der Waals surface area contributed by atoms with Gasteiger partial charge in [-0.1, -0.05) is 77.3 Å². The van der Waals surface area contributed by atoms with Crippen LogP contribution in [0.4, 0.5) is 0 Å². The minimum atomic E-state index is -0.116. The Morgan fingerprint density at radius 2 is 1.91 bits per heavy atom. The van der Waals surface area contributed by atoms with E-state index in [1.54, 1.807) is 12.3 Å². The molecule has 2 heterocycles. The Hall–Kier alpha value is -2.30. The predicted molar refractivity (Wildman–Crippen MR) is 132 cm³/mol. The summed E-state index contributed by atoms with van der Waals surface area (Å²) in [7, 11) is 0. The summed E-state index contributed by atoms with van der Waals surface area (Å²) in [6.07, 6.45) is 10.3. The van der Waals surface area contributed by atoms with Gasteiger partial charge in [0.15, 0.2) is 0 Å². The molecule has 2 N–H and O–H groups in total. The van der Waals surface area contributed by atoms with Crippen LogP contribution in [0.1, 0.15) is 45.5 Å². The number of nitrogens with one attached hydrogen (secondary N) is 1. The minimum absolute atomic E-state index is 0.00736. The number of allylic oxidation sites excluding steroid dienone is 3. The summed E-state index contributed by atoms with van der Waals surface area (Å²) in [4.78, 5) is 4.48. The Labute approximate surface area is 202 Å². The second-order valence-corrected chi connectivity index (χ2v) is 9.55. The number of hydrogen-bond donors (Lipinski definition) is 2. The third-order valence-electron chi connectivity index (χ3n) is 6.08. The molecule has 32 heavy (non-hydrogen) atoms. The number of phenols is 1. The Morgan fingerprint density at radius 3 is 2.69 bits per heavy atom. The smallest absolute Gasteiger partial charge is 0.123 e. The van der Waals surface area contributed by atoms with Gasteiger partial charge in [0.05, 0.1) is 21.8 Å². The largest absolute Gasteiger partial charge is 0.507 e. The van der Waals surface area contributed by atoms with E-state index in [2.05, 4.69) is 28.5 Å². The molecule has 1 aliphatic carbocycles. The fourth-order valence-corrected chi connectivity index (χ4v) is 5.11. The van der Waals surface area contributed by atoms with Gasteiger partial charge in [-0.05, 0) is 48.2 Å². The number of halogens is 3. The zero-order valence-electron chi connectivity index (χ0n) is 17.3. The number of nitrogens with zero attached hydrogens (tertiary/aromatic N) is 1. The van der Waals surface area contributed by atoms with Crippen LogP contribution in [0.5, 0.6) is 5.75 Å². The molecule has 3 nitrogen and oxygen atoms in total. The zero-order chi connectivity index (χ0) is 22.4. The molecule has 1 saturated heterocycles. The van der Waals surface area contributed by atoms with Gasteiger partial charge in [-0.3, -0.25) is 4.98 Å². The maximum atomic E-state index is 11.4. The summed E-state index contributed by atoms with van der Waals surface area (Å²) in [5.74, 6) is 0.214. The monoisotopic (exact) mass is 482 g/mol. The average Bonchev–Trinajstić information content (AvgIpc) is 3.55. The summed E-state index contributed by atoms with van der Waals surface area (Å²) in [5, 5.41) is 16.5. The van der Waals surface area contributed by atoms with Gasteiger partial charge in [0.2, 0.25) is 0 Å². The van der Waals surface area contributed by atoms with Crippen molar-refractivity contribution in [2.24, 2.45) is 0 Å². The van der Waals surface area contributed by atoms with Crippen LogP contribution in [0, 0.1) is 6.92 Å². The van der Waals surface area contributed by atoms with Gasteiger partial charge >= 0.3 is 0 Å². The average molecular weight is 484 g/mol. The van der Waals surface area contributed by atoms with Crippen molar-refractivity contribution in [3.63, 3.8) is 0 Å². The van der Waals surface area contributed by atoms with Gasteiger partial charge in [-0.15, -0.1) is 0 Å². The van der Waals surface area contributed by atoms with Gasteiger partial charge < -0.3 is 10.4 Å². The maximum absolute atomic E-state index is 11.4. The molecule has 0 radical (unpaired) electrons. The Kier molecular flexibility index (Phi) is 5.77. The highest BCUT2D eigenvalue weighted by Gasteiger charge is 2.46. The lowest BCUT2D eigenvalue weighted by Crippen LogP contribution is -2.13. The van der Waals surface area contributed by atoms with E-state index >= 15 is 0 Å². The molecule has 3 aromatic rings. The molecule has 1 aromatic heterocycles. The number of hydrogen-bond acceptors (Lipinski definition) is 3. The van der Waals surface area contributed by atoms with Gasteiger partial charge in [0.25, 0.3) is 0 Å². The van der Waals surface area contributed by atoms with E-state index in [0.29, 0.717) is 27.2 Å². The first kappa shape index (κ1) is 21.5. The fourth-order valence-electron chi connectivity index (χ4n) is 4.55. The number of fused-ring (bicyclic) bond motifs is 1. The second kappa shape index (κ2) is 8.57. The molecule has 3 atom stereocenters. The van der Waals surface area contributed by atoms with Gasteiger partial charge in [-0.25, -0.2) is 0 Å². The molecule has 162 valence electrons. The topological polar surface area (TPSA) is 55.1 Å². The van der Waals surface area contributed by atoms with Crippen LogP contribution >= 0.6 is 34.8 Å². The lowest BCUT2D eigenvalue weighted by Gasteiger charge is -2.22. The van der Waals surface area contributed by atoms with E-state index < -0.39 is 0 Å². The number of benzene rings is 2. The number of rotatable bonds is 4. The highest BCUT2D eigenvalue weighted by molar-refractivity contribution is 6.41. The summed E-state index contributed by atoms with van der Waals surface area (Å²) < 4.78 is 0. The fraction of sp³-hybridized carbons (Fsp3) is 0.192. The van der Waals surface area contributed by atoms with E-state index in [1.807, 2.05) is 43.4 Å². The summed E-state index contributed by atoms with van der Waals surface area (Å²) in [6.45, 7) is 2.03. The van der Waals surface area contributed by atoms with Gasteiger partial charge in [0.1, 0.15) is 5.75 Å². The lowest BCUT2D eigenvalue weighted by atomic mass is 9.83. The molecule has 0 amide bonds. The number of aromatic hydroxyl groups is 1. The first-order valence-corrected chi connectivity index (χ1v) is 11.6. The molecular formula is C26H21Cl3N2O. The minimum Gasteiger partial charge on any atom is -0.507 e. The van der Waals surface area contributed by atoms with Crippen LogP contribution in [0.2, 0.25) is 15.1 Å². The van der Waals surface area contributed by atoms with Crippen LogP contribution in [0.3, 0.4) is 0 Å². The lowest BCUT2D eigenvalue weighted by molar-refractivity contribution is 0.458. The molecule has 0 bridgehead atoms. The quantitative estimate of drug-likeness (QED) is 0.392. The van der Waals surface area contributed by atoms with Crippen molar-refractivity contribution in [3.8, 4) is 5.75 Å². The Bertz CT molecular complexity index is 1250. The third-order valence-corrected chi connectivity index (χ3v) is 7.01. The van der Waals surface area contributed by atoms with Crippen molar-refractivity contribution in [1.29, 1.82) is 0 Å². The zero-order valence-corrected chi connectivity index (χ0v) is 19.6. The Balaban J connectivity index is 1.61. The van der Waals surface area contributed by atoms with Crippen molar-refractivity contribution in [2.75, 3.05) is 0 Å². The molecule has 3 unspecified atom stereocenters. The van der Waals surface area contributed by atoms with E-state index in [9.17, 15) is 5.11 Å². The molecule has 0 spiro atoms. The standard InChI is InChI=1S/C26H21Cl3N2O/c1-14-9-16(11-17(27)10-14)23(25-24(31-25)22-12-20(28)21(29)13-30-22)19-8-7-15-5-3-2-4-6-18(15)26(19)32/h2-5,7-13,23-25,31-32H,6H2,1H3. The van der Waals surface area contributed by atoms with Crippen LogP contribution in [0.15, 0.2) is 60.8 Å². The van der Waals surface area contributed by atoms with E-state index in [-0.39, 0.29) is 18.0 Å². The first-order chi connectivity index (χ1) is 15.4. The van der Waals surface area contributed by atoms with Gasteiger partial charge in [0, 0.05) is 34.3 Å². The molecular weight excluding hydrogens is 463 g/mol. The summed E-state index contributed by atoms with van der Waals surface area (Å²) in [5.41, 5.74) is 5.78. The predicted octanol–water partition coefficient (Wildman–Crippen LogP) is 7.03. The van der Waals surface area contributed by atoms with Crippen LogP contribution in [-0.4, -0.2) is 16.1 Å². The van der Waals surface area contributed by atoms with Crippen LogP contribution < -0.4 is 5.32 Å². The number of aryl methyl sites for hydroxylation is 1. The van der Waals surface area contributed by atoms with E-state index in [1.165, 1.54) is 0 Å². The van der Waals surface area contributed by atoms with Crippen LogP contribution in [0.25, 0.3) is 6.08 Å². The van der Waals surface area contributed by atoms with Crippen molar-refractivity contribution in [1.82, 2.24) is 10.3 Å². The first-order valence-electron chi connectivity index (χ1n) is 10.4. The Morgan fingerprint density at radius 1 is 1.06 bits per heavy atom. The number of phenolic OH excluding ortho intramolecular Hbond substituents is 1. The third kappa shape index (κ3) is 4.06. The molecule has 2 aliphatic rings. The van der Waals surface area contributed by atoms with E-state index in [4.69, 9.17) is 34.8 Å². The van der Waals surface area contributed by atoms with Crippen molar-refractivity contribution < 1.29 is 5.11 Å². The molecule has 2 aromatic carbocycles. The summed E-state index contributed by atoms with van der Waals surface area (Å²) in [6, 6.07) is 12.0. The number of pyridine rings is 1. The molecule has 5 rings (SSSR count). The van der Waals surface area contributed by atoms with Crippen molar-refractivity contribution in [3.05, 3.63) is 109 Å². The van der Waals surface area contributed by atoms with Crippen molar-refractivity contribution in [2.45, 2.75) is 31.3 Å². The SMILES string of the molecule is Cc1cc(Cl)cc(C(c2ccc3c(c2O)CC=CC=C3)C2NC2c2cc(Cl)c(Cl)cn2)c1. The molecule has 0 saturated carbocycles. The number of aromatic nitrogens is 1. The van der Waals surface area contributed by atoms with Gasteiger partial charge in [-0.2, -0.15) is 0 Å². The highest BCUT2D eigenvalue weighted by Crippen LogP contribution is 2.47. The van der Waals surface area contributed by atoms with Crippen LogP contribution in [-0.2, 0) is 6.42 Å². The van der Waals surface area contributed by atoms with E-state index in [0.717, 1.165) is 33.5 Å². The second-order valence-electron chi connectivity index (χ2n) is 8.30. The van der Waals surface area contributed by atoms with Crippen molar-refractivity contribution >= 4 is 40.9 Å². The molecule has 6 heteroatoms.